The van der Waals surface area contributed by atoms with E-state index in [1.165, 1.54) is 24.8 Å². The minimum absolute atomic E-state index is 0.0758. The molecule has 2 unspecified atom stereocenters. The van der Waals surface area contributed by atoms with Crippen molar-refractivity contribution in [3.05, 3.63) is 76.9 Å². The minimum Gasteiger partial charge on any atom is -0.481 e. The van der Waals surface area contributed by atoms with E-state index in [1.54, 1.807) is 44.2 Å². The van der Waals surface area contributed by atoms with Crippen molar-refractivity contribution in [1.29, 1.82) is 0 Å². The molecule has 0 radical (unpaired) electrons. The zero-order chi connectivity index (χ0) is 27.9. The molecule has 2 heterocycles. The van der Waals surface area contributed by atoms with Crippen LogP contribution in [0.3, 0.4) is 0 Å². The number of nitrogens with zero attached hydrogens (tertiary/aromatic N) is 2. The minimum atomic E-state index is -2.87. The molecular formula is C27H28N4O6S. The van der Waals surface area contributed by atoms with Gasteiger partial charge in [-0.25, -0.2) is 9.19 Å². The highest BCUT2D eigenvalue weighted by Gasteiger charge is 2.15. The number of aliphatic carboxylic acids is 1. The van der Waals surface area contributed by atoms with Gasteiger partial charge in [0.05, 0.1) is 33.0 Å². The average molecular weight is 537 g/mol. The van der Waals surface area contributed by atoms with Crippen LogP contribution in [-0.2, 0) is 14.5 Å². The molecule has 0 aliphatic heterocycles. The predicted molar refractivity (Wildman–Crippen MR) is 144 cm³/mol. The van der Waals surface area contributed by atoms with Crippen LogP contribution in [0, 0.1) is 24.7 Å². The first-order chi connectivity index (χ1) is 17.9. The maximum Gasteiger partial charge on any atom is 0.306 e. The number of carboxylic acid groups (broad SMARTS) is 1. The van der Waals surface area contributed by atoms with Gasteiger partial charge in [0, 0.05) is 35.0 Å². The summed E-state index contributed by atoms with van der Waals surface area (Å²) in [7, 11) is -2.87. The van der Waals surface area contributed by atoms with Crippen LogP contribution >= 0.6 is 0 Å². The second-order valence-electron chi connectivity index (χ2n) is 8.82. The van der Waals surface area contributed by atoms with E-state index >= 15 is 0 Å². The zero-order valence-electron chi connectivity index (χ0n) is 21.2. The Kier molecular flexibility index (Phi) is 9.04. The quantitative estimate of drug-likeness (QED) is 0.364. The number of rotatable bonds is 8. The van der Waals surface area contributed by atoms with Crippen molar-refractivity contribution in [2.75, 3.05) is 23.1 Å². The van der Waals surface area contributed by atoms with Crippen LogP contribution < -0.4 is 11.1 Å². The fourth-order valence-corrected chi connectivity index (χ4v) is 4.60. The van der Waals surface area contributed by atoms with Gasteiger partial charge in [0.2, 0.25) is 0 Å². The number of anilines is 2. The van der Waals surface area contributed by atoms with Crippen molar-refractivity contribution in [2.45, 2.75) is 26.7 Å². The number of aryl methyl sites for hydroxylation is 1. The van der Waals surface area contributed by atoms with Gasteiger partial charge in [-0.1, -0.05) is 24.8 Å². The van der Waals surface area contributed by atoms with Gasteiger partial charge in [0.1, 0.15) is 5.82 Å². The second-order valence-corrected chi connectivity index (χ2v) is 11.3. The Labute approximate surface area is 220 Å². The molecule has 2 aromatic heterocycles. The van der Waals surface area contributed by atoms with E-state index in [1.807, 2.05) is 0 Å². The molecule has 10 nitrogen and oxygen atoms in total. The number of nitrogen functional groups attached to an aromatic ring is 1. The van der Waals surface area contributed by atoms with Crippen molar-refractivity contribution >= 4 is 39.0 Å². The number of nitrogens with one attached hydrogen (secondary N) is 1. The number of hydrogen-bond donors (Lipinski definition) is 3. The Hall–Kier alpha value is -4.43. The summed E-state index contributed by atoms with van der Waals surface area (Å²) < 4.78 is 21.8. The molecule has 0 aliphatic carbocycles. The molecule has 2 atom stereocenters. The highest BCUT2D eigenvalue weighted by atomic mass is 32.2. The molecule has 2 amide bonds. The lowest BCUT2D eigenvalue weighted by atomic mass is 10.1. The van der Waals surface area contributed by atoms with E-state index in [0.717, 1.165) is 0 Å². The average Bonchev–Trinajstić information content (AvgIpc) is 3.29. The third-order valence-electron chi connectivity index (χ3n) is 5.55. The molecule has 1 aromatic carbocycles. The zero-order valence-corrected chi connectivity index (χ0v) is 22.0. The third kappa shape index (κ3) is 7.78. The number of aromatic nitrogens is 1. The van der Waals surface area contributed by atoms with Gasteiger partial charge < -0.3 is 20.6 Å². The number of hydrogen-bond acceptors (Lipinski definition) is 7. The summed E-state index contributed by atoms with van der Waals surface area (Å²) in [5.74, 6) is 3.62. The summed E-state index contributed by atoms with van der Waals surface area (Å²) in [6, 6.07) is 9.98. The first kappa shape index (κ1) is 28.1. The Morgan fingerprint density at radius 2 is 2.00 bits per heavy atom. The Balaban J connectivity index is 1.74. The van der Waals surface area contributed by atoms with Crippen LogP contribution in [0.5, 0.6) is 0 Å². The molecule has 3 rings (SSSR count). The molecular weight excluding hydrogens is 508 g/mol. The molecule has 11 heteroatoms. The molecule has 0 saturated carbocycles. The van der Waals surface area contributed by atoms with E-state index < -0.39 is 27.5 Å². The third-order valence-corrected chi connectivity index (χ3v) is 7.15. The summed E-state index contributed by atoms with van der Waals surface area (Å²) in [5, 5.41) is 11.7. The van der Waals surface area contributed by atoms with Gasteiger partial charge in [-0.3, -0.25) is 14.4 Å². The number of furan rings is 1. The van der Waals surface area contributed by atoms with E-state index in [-0.39, 0.29) is 34.4 Å². The van der Waals surface area contributed by atoms with Crippen LogP contribution in [0.15, 0.2) is 57.6 Å². The van der Waals surface area contributed by atoms with Gasteiger partial charge in [-0.15, -0.1) is 0 Å². The number of nitrogens with two attached hydrogens (primary N) is 1. The topological polar surface area (TPSA) is 165 Å². The lowest BCUT2D eigenvalue weighted by Gasteiger charge is -2.07. The highest BCUT2D eigenvalue weighted by Crippen LogP contribution is 2.16. The summed E-state index contributed by atoms with van der Waals surface area (Å²) in [6.45, 7) is 3.34. The van der Waals surface area contributed by atoms with Gasteiger partial charge in [-0.05, 0) is 50.1 Å². The molecule has 0 bridgehead atoms. The Bertz CT molecular complexity index is 1560. The van der Waals surface area contributed by atoms with Gasteiger partial charge in [-0.2, -0.15) is 4.36 Å². The van der Waals surface area contributed by atoms with Crippen LogP contribution in [-0.4, -0.2) is 44.1 Å². The van der Waals surface area contributed by atoms with Crippen molar-refractivity contribution in [1.82, 2.24) is 4.98 Å². The van der Waals surface area contributed by atoms with Gasteiger partial charge >= 0.3 is 5.97 Å². The molecule has 0 spiro atoms. The normalized spacial score (nSPS) is 12.9. The number of amides is 2. The first-order valence-electron chi connectivity index (χ1n) is 11.6. The number of carbonyl (C=O) groups is 3. The first-order valence-corrected chi connectivity index (χ1v) is 13.7. The van der Waals surface area contributed by atoms with E-state index in [4.69, 9.17) is 15.3 Å². The lowest BCUT2D eigenvalue weighted by Crippen LogP contribution is -2.13. The molecule has 0 aliphatic rings. The summed E-state index contributed by atoms with van der Waals surface area (Å²) >= 11 is 0. The SMILES string of the molecule is Cc1ccoc1C(=O)Nc1cccc(C#Cc2cc(C(=O)N=S(C)(=O)CCCC(C)C(=O)O)cnc2N)c1. The number of carbonyl (C=O) groups excluding carboxylic acids is 2. The van der Waals surface area contributed by atoms with Crippen molar-refractivity contribution in [3.8, 4) is 11.8 Å². The monoisotopic (exact) mass is 536 g/mol. The summed E-state index contributed by atoms with van der Waals surface area (Å²) in [6.07, 6.45) is 4.73. The predicted octanol–water partition coefficient (Wildman–Crippen LogP) is 3.96. The van der Waals surface area contributed by atoms with Crippen molar-refractivity contribution < 1.29 is 28.1 Å². The smallest absolute Gasteiger partial charge is 0.306 e. The molecule has 3 aromatic rings. The van der Waals surface area contributed by atoms with Crippen LogP contribution in [0.1, 0.15) is 57.4 Å². The Morgan fingerprint density at radius 1 is 1.24 bits per heavy atom. The molecule has 0 fully saturated rings. The largest absolute Gasteiger partial charge is 0.481 e. The summed E-state index contributed by atoms with van der Waals surface area (Å²) in [4.78, 5) is 40.0. The van der Waals surface area contributed by atoms with Crippen molar-refractivity contribution in [2.24, 2.45) is 10.3 Å². The number of carboxylic acids is 1. The van der Waals surface area contributed by atoms with Crippen LogP contribution in [0.25, 0.3) is 0 Å². The fraction of sp³-hybridized carbons (Fsp3) is 0.259. The molecule has 198 valence electrons. The highest BCUT2D eigenvalue weighted by molar-refractivity contribution is 7.93. The lowest BCUT2D eigenvalue weighted by molar-refractivity contribution is -0.141. The second kappa shape index (κ2) is 12.2. The van der Waals surface area contributed by atoms with E-state index in [2.05, 4.69) is 26.5 Å². The van der Waals surface area contributed by atoms with Crippen LogP contribution in [0.4, 0.5) is 11.5 Å². The van der Waals surface area contributed by atoms with Crippen molar-refractivity contribution in [3.63, 3.8) is 0 Å². The molecule has 0 saturated heterocycles. The van der Waals surface area contributed by atoms with Gasteiger partial charge in [0.15, 0.2) is 5.76 Å². The van der Waals surface area contributed by atoms with E-state index in [9.17, 15) is 18.6 Å². The fourth-order valence-electron chi connectivity index (χ4n) is 3.35. The standard InChI is InChI=1S/C27H28N4O6S/c1-17-11-12-37-23(17)26(33)30-22-8-4-7-19(14-22)9-10-20-15-21(16-29-24(20)28)25(32)31-38(3,36)13-5-6-18(2)27(34)35/h4,7-8,11-12,14-16,18H,5-6,13H2,1-3H3,(H2,28,29)(H,30,33)(H,34,35). The number of benzene rings is 1. The molecule has 4 N–H and O–H groups in total. The van der Waals surface area contributed by atoms with E-state index in [0.29, 0.717) is 29.7 Å². The maximum absolute atomic E-state index is 12.7. The van der Waals surface area contributed by atoms with Crippen LogP contribution in [0.2, 0.25) is 0 Å². The molecule has 38 heavy (non-hydrogen) atoms. The Morgan fingerprint density at radius 3 is 2.68 bits per heavy atom. The summed E-state index contributed by atoms with van der Waals surface area (Å²) in [5.41, 5.74) is 8.10. The maximum atomic E-state index is 12.7. The number of pyridine rings is 1. The van der Waals surface area contributed by atoms with Gasteiger partial charge in [0.25, 0.3) is 11.8 Å².